The summed E-state index contributed by atoms with van der Waals surface area (Å²) in [5.74, 6) is -2.30. The number of amides is 5. The number of sulfonamides is 1. The largest absolute Gasteiger partial charge is 0.573 e. The minimum absolute atomic E-state index is 0.0419. The maximum Gasteiger partial charge on any atom is 0.573 e. The van der Waals surface area contributed by atoms with Crippen LogP contribution in [0.2, 0.25) is 0 Å². The molecule has 5 amide bonds. The third kappa shape index (κ3) is 22.4. The van der Waals surface area contributed by atoms with E-state index in [4.69, 9.17) is 63.5 Å². The van der Waals surface area contributed by atoms with Crippen LogP contribution < -0.4 is 53.3 Å². The van der Waals surface area contributed by atoms with Gasteiger partial charge in [0.25, 0.3) is 5.91 Å². The maximum atomic E-state index is 13.8. The van der Waals surface area contributed by atoms with Crippen molar-refractivity contribution in [1.82, 2.24) is 48.7 Å². The first kappa shape index (κ1) is 104. The summed E-state index contributed by atoms with van der Waals surface area (Å²) in [5, 5.41) is 13.9. The zero-order valence-electron chi connectivity index (χ0n) is 80.0. The number of aromatic nitrogens is 4. The average molecular weight is 2030 g/mol. The number of hydrogen-bond donors (Lipinski definition) is 6. The lowest BCUT2D eigenvalue weighted by molar-refractivity contribution is -0.275. The van der Waals surface area contributed by atoms with Crippen LogP contribution in [-0.2, 0) is 61.7 Å². The highest BCUT2D eigenvalue weighted by atomic mass is 32.2. The molecule has 750 valence electrons. The fourth-order valence-corrected chi connectivity index (χ4v) is 20.7. The molecule has 0 spiro atoms. The number of benzene rings is 6. The molecule has 0 radical (unpaired) electrons. The van der Waals surface area contributed by atoms with E-state index in [0.29, 0.717) is 103 Å². The van der Waals surface area contributed by atoms with Gasteiger partial charge in [0.1, 0.15) is 39.5 Å². The Balaban J connectivity index is 0.000000143. The molecule has 1 unspecified atom stereocenters. The summed E-state index contributed by atoms with van der Waals surface area (Å²) in [6.07, 6.45) is 0.983. The third-order valence-corrected chi connectivity index (χ3v) is 28.9. The number of nitrogens with zero attached hydrogens (tertiary/aromatic N) is 16. The highest BCUT2D eigenvalue weighted by Gasteiger charge is 2.54. The van der Waals surface area contributed by atoms with Crippen LogP contribution in [0.3, 0.4) is 0 Å². The van der Waals surface area contributed by atoms with Crippen molar-refractivity contribution in [3.63, 3.8) is 0 Å². The van der Waals surface area contributed by atoms with E-state index in [1.54, 1.807) is 99.1 Å². The van der Waals surface area contributed by atoms with Crippen LogP contribution in [-0.4, -0.2) is 197 Å². The van der Waals surface area contributed by atoms with Gasteiger partial charge in [-0.2, -0.15) is 5.26 Å². The number of nitrogens with two attached hydrogens (primary N) is 6. The number of aliphatic imine (C=N–C) groups is 5. The highest BCUT2D eigenvalue weighted by molar-refractivity contribution is 7.88. The normalized spacial score (nSPS) is 21.4. The van der Waals surface area contributed by atoms with Crippen molar-refractivity contribution in [2.24, 2.45) is 59.5 Å². The molecular weight excluding hydrogens is 1920 g/mol. The average Bonchev–Trinajstić information content (AvgIpc) is 1.69. The van der Waals surface area contributed by atoms with Crippen molar-refractivity contribution in [3.8, 4) is 51.0 Å². The molecule has 34 nitrogen and oxygen atoms in total. The van der Waals surface area contributed by atoms with Gasteiger partial charge >= 0.3 is 12.7 Å². The molecule has 0 saturated carbocycles. The van der Waals surface area contributed by atoms with E-state index in [0.717, 1.165) is 54.1 Å². The number of rotatable bonds is 20. The van der Waals surface area contributed by atoms with Crippen molar-refractivity contribution >= 4 is 109 Å². The predicted octanol–water partition coefficient (Wildman–Crippen LogP) is 14.1. The van der Waals surface area contributed by atoms with Crippen LogP contribution in [0.25, 0.3) is 32.7 Å². The quantitative estimate of drug-likeness (QED) is 0.0386. The Labute approximate surface area is 833 Å². The van der Waals surface area contributed by atoms with Crippen molar-refractivity contribution < 1.29 is 82.1 Å². The Kier molecular flexibility index (Phi) is 30.5. The second-order valence-corrected chi connectivity index (χ2v) is 39.0. The molecule has 6 aliphatic rings. The van der Waals surface area contributed by atoms with Gasteiger partial charge in [0.05, 0.1) is 85.2 Å². The molecular formula is C101H104F6N22O12S3. The number of hydrogen-bond acceptors (Lipinski definition) is 30. The fourth-order valence-electron chi connectivity index (χ4n) is 17.8. The van der Waals surface area contributed by atoms with E-state index in [9.17, 15) is 58.7 Å². The molecule has 6 aromatic heterocycles. The van der Waals surface area contributed by atoms with Gasteiger partial charge in [-0.25, -0.2) is 52.6 Å². The van der Waals surface area contributed by atoms with Crippen molar-refractivity contribution in [2.45, 2.75) is 119 Å². The molecule has 43 heteroatoms. The summed E-state index contributed by atoms with van der Waals surface area (Å²) >= 11 is 3.08. The van der Waals surface area contributed by atoms with Gasteiger partial charge in [0.15, 0.2) is 35.3 Å². The minimum Gasteiger partial charge on any atom is -0.478 e. The number of nitriles is 1. The van der Waals surface area contributed by atoms with Crippen molar-refractivity contribution in [1.29, 1.82) is 5.26 Å². The number of carbonyl (C=O) groups is 5. The minimum atomic E-state index is -4.84. The zero-order valence-corrected chi connectivity index (χ0v) is 82.4. The van der Waals surface area contributed by atoms with Gasteiger partial charge in [-0.05, 0) is 182 Å². The Hall–Kier alpha value is -15.7. The lowest BCUT2D eigenvalue weighted by atomic mass is 9.75. The Morgan fingerprint density at radius 3 is 1.48 bits per heavy atom. The molecule has 12 N–H and O–H groups in total. The van der Waals surface area contributed by atoms with Gasteiger partial charge in [-0.1, -0.05) is 115 Å². The number of nitrogen functional groups attached to an aromatic ring is 1. The molecule has 0 bridgehead atoms. The Bertz CT molecular complexity index is 6890. The van der Waals surface area contributed by atoms with E-state index in [-0.39, 0.29) is 65.3 Å². The summed E-state index contributed by atoms with van der Waals surface area (Å²) in [6, 6.07) is 57.6. The van der Waals surface area contributed by atoms with Crippen LogP contribution in [0.1, 0.15) is 134 Å². The number of anilines is 1. The first-order valence-corrected chi connectivity index (χ1v) is 48.7. The summed E-state index contributed by atoms with van der Waals surface area (Å²) in [6.45, 7) is 13.0. The zero-order chi connectivity index (χ0) is 104. The number of guanidine groups is 5. The summed E-state index contributed by atoms with van der Waals surface area (Å²) in [4.78, 5) is 114. The lowest BCUT2D eigenvalue weighted by Gasteiger charge is -2.40. The summed E-state index contributed by atoms with van der Waals surface area (Å²) in [5.41, 5.74) is 39.6. The predicted molar refractivity (Wildman–Crippen MR) is 533 cm³/mol. The standard InChI is InChI=1S/C22H20N6O2S.C22H26N4O3S.2C20H21F3N4O3.C17H16N4OS/c1-22(17-8-14(11-31-17)15-9-26-18(23)10-25-15)19(20(29)28(2)21(24)27-22)13-3-4-16-12(7-13)5-6-30-16;1-30(28,29)25-14-12-17(13-15-25)16-26-20(27)22(24-21(26)23,18-8-4-2-5-9-18)19-10-6-3-7-11-19;2*1-4-29-15-9-8-12(11-25-15)16-17(28)27(3)18(24)26-19(16,2)13-6-5-7-14(10-13)30-20(21,22)23;1-17(8-15(22)21(2)16(19)20-17)13-7-14(23-10-13)12-5-3-4-11(6-12)9-18/h3-11,19H,1-2H3,(H2,23,26)(H2,24,27);2-11,17H,12-16H2,1H3,(H2,23,24);2*5-11,16H,4H2,1-3H3,(H2,24,26);3-7,10H,8H2,1-2H3,(H2,19,20)/t19?,22-;;16-,19+;16-,19-;17-/m1.010/s1. The van der Waals surface area contributed by atoms with Crippen LogP contribution in [0, 0.1) is 17.2 Å². The van der Waals surface area contributed by atoms with E-state index >= 15 is 0 Å². The van der Waals surface area contributed by atoms with Gasteiger partial charge in [-0.3, -0.25) is 53.5 Å². The topological polar surface area (TPSA) is 482 Å². The first-order chi connectivity index (χ1) is 68.2. The number of carbonyl (C=O) groups excluding carboxylic acids is 5. The number of furan rings is 1. The molecule has 1 fully saturated rings. The molecule has 7 atom stereocenters. The van der Waals surface area contributed by atoms with Crippen LogP contribution in [0.15, 0.2) is 265 Å². The number of halogens is 6. The fraction of sp³-hybridized carbons (Fsp3) is 0.297. The van der Waals surface area contributed by atoms with Crippen LogP contribution in [0.4, 0.5) is 32.2 Å². The Morgan fingerprint density at radius 2 is 1.00 bits per heavy atom. The molecule has 0 aliphatic carbocycles. The van der Waals surface area contributed by atoms with E-state index in [2.05, 4.69) is 50.5 Å². The van der Waals surface area contributed by atoms with Gasteiger partial charge in [0.2, 0.25) is 45.4 Å². The van der Waals surface area contributed by atoms with Crippen molar-refractivity contribution in [2.75, 3.05) is 73.0 Å². The second kappa shape index (κ2) is 42.2. The first-order valence-electron chi connectivity index (χ1n) is 45.1. The number of piperidine rings is 1. The molecule has 1 saturated heterocycles. The van der Waals surface area contributed by atoms with E-state index in [1.165, 1.54) is 111 Å². The maximum absolute atomic E-state index is 13.8. The smallest absolute Gasteiger partial charge is 0.478 e. The molecule has 6 aliphatic heterocycles. The van der Waals surface area contributed by atoms with Crippen LogP contribution >= 0.6 is 22.7 Å². The molecule has 12 heterocycles. The number of fused-ring (bicyclic) bond motifs is 1. The molecule has 18 rings (SSSR count). The summed E-state index contributed by atoms with van der Waals surface area (Å²) in [7, 11) is 3.06. The summed E-state index contributed by atoms with van der Waals surface area (Å²) < 4.78 is 125. The van der Waals surface area contributed by atoms with Gasteiger partial charge in [-0.15, -0.1) is 49.0 Å². The molecule has 144 heavy (non-hydrogen) atoms. The lowest BCUT2D eigenvalue weighted by Crippen LogP contribution is -2.52. The van der Waals surface area contributed by atoms with Gasteiger partial charge < -0.3 is 57.8 Å². The third-order valence-electron chi connectivity index (χ3n) is 25.5. The Morgan fingerprint density at radius 1 is 0.500 bits per heavy atom. The van der Waals surface area contributed by atoms with Crippen LogP contribution in [0.5, 0.6) is 23.3 Å². The highest BCUT2D eigenvalue weighted by Crippen LogP contribution is 2.51. The number of thiophene rings is 2. The van der Waals surface area contributed by atoms with Crippen molar-refractivity contribution in [3.05, 3.63) is 291 Å². The SMILES string of the molecule is CCOc1ccc([C@@H]2C(=O)N(C)C(N)=N[C@]2(C)c2cccc(OC(F)(F)F)c2)cn1.CCOc1ccc([C@H]2C(=O)N(C)C(N)=N[C@]2(C)c2cccc(OC(F)(F)F)c2)cn1.CN1C(=O)C(c2ccc3occc3c2)[C@@](C)(c2cc(-c3cnc(N)cn3)cs2)N=C1N.CN1C(=O)C[C@@](C)(c2csc(-c3cccc(C#N)c3)c2)N=C1N.CS(=O)(=O)N1CCC(CN2C(=O)C(c3ccccc3)(c3ccccc3)N=C2N)CC1. The van der Waals surface area contributed by atoms with E-state index in [1.807, 2.05) is 154 Å². The van der Waals surface area contributed by atoms with Gasteiger partial charge in [0, 0.05) is 98.4 Å². The monoisotopic (exact) mass is 2030 g/mol. The van der Waals surface area contributed by atoms with E-state index < -0.39 is 79.7 Å². The molecule has 6 aromatic carbocycles. The number of likely N-dealkylation sites (N-methyl/N-ethyl adjacent to an activating group) is 3. The number of alkyl halides is 6. The molecule has 12 aromatic rings. The second-order valence-electron chi connectivity index (χ2n) is 35.2. The number of pyridine rings is 2. The number of ether oxygens (including phenoxy) is 4.